The van der Waals surface area contributed by atoms with Gasteiger partial charge in [-0.25, -0.2) is 0 Å². The number of aliphatic hydroxyl groups is 1. The first-order valence-electron chi connectivity index (χ1n) is 6.68. The summed E-state index contributed by atoms with van der Waals surface area (Å²) in [4.78, 5) is 2.22. The van der Waals surface area contributed by atoms with Gasteiger partial charge in [-0.3, -0.25) is 4.90 Å². The Balaban J connectivity index is 2.40. The van der Waals surface area contributed by atoms with Crippen molar-refractivity contribution in [2.75, 3.05) is 26.8 Å². The molecule has 0 bridgehead atoms. The van der Waals surface area contributed by atoms with Crippen LogP contribution in [0.5, 0.6) is 0 Å². The van der Waals surface area contributed by atoms with E-state index in [4.69, 9.17) is 9.15 Å². The zero-order valence-electron chi connectivity index (χ0n) is 11.5. The van der Waals surface area contributed by atoms with Gasteiger partial charge in [-0.2, -0.15) is 0 Å². The van der Waals surface area contributed by atoms with Crippen molar-refractivity contribution in [3.05, 3.63) is 24.2 Å². The van der Waals surface area contributed by atoms with Crippen molar-refractivity contribution in [1.29, 1.82) is 0 Å². The summed E-state index contributed by atoms with van der Waals surface area (Å²) in [7, 11) is 1.71. The molecule has 0 unspecified atom stereocenters. The van der Waals surface area contributed by atoms with Crippen LogP contribution in [0.1, 0.15) is 31.9 Å². The molecule has 0 spiro atoms. The summed E-state index contributed by atoms with van der Waals surface area (Å²) < 4.78 is 10.4. The molecule has 1 N–H and O–H groups in total. The molecule has 0 aliphatic rings. The van der Waals surface area contributed by atoms with Crippen molar-refractivity contribution in [1.82, 2.24) is 4.90 Å². The van der Waals surface area contributed by atoms with Crippen molar-refractivity contribution in [2.45, 2.75) is 38.8 Å². The van der Waals surface area contributed by atoms with Crippen LogP contribution in [-0.4, -0.2) is 42.9 Å². The Kier molecular flexibility index (Phi) is 7.73. The number of hydrogen-bond donors (Lipinski definition) is 1. The van der Waals surface area contributed by atoms with Gasteiger partial charge >= 0.3 is 0 Å². The molecule has 18 heavy (non-hydrogen) atoms. The van der Waals surface area contributed by atoms with Crippen LogP contribution in [0.3, 0.4) is 0 Å². The van der Waals surface area contributed by atoms with Gasteiger partial charge in [0.15, 0.2) is 0 Å². The lowest BCUT2D eigenvalue weighted by atomic mass is 10.2. The predicted molar refractivity (Wildman–Crippen MR) is 71.4 cm³/mol. The third kappa shape index (κ3) is 6.19. The molecule has 1 aromatic heterocycles. The molecule has 104 valence electrons. The third-order valence-electron chi connectivity index (χ3n) is 2.87. The molecule has 0 amide bonds. The Labute approximate surface area is 110 Å². The zero-order chi connectivity index (χ0) is 13.2. The second-order valence-electron chi connectivity index (χ2n) is 4.60. The van der Waals surface area contributed by atoms with E-state index in [1.54, 1.807) is 13.4 Å². The Bertz CT molecular complexity index is 287. The fourth-order valence-corrected chi connectivity index (χ4v) is 2.01. The van der Waals surface area contributed by atoms with Crippen molar-refractivity contribution >= 4 is 0 Å². The van der Waals surface area contributed by atoms with E-state index in [-0.39, 0.29) is 6.10 Å². The molecule has 0 aliphatic carbocycles. The minimum atomic E-state index is -0.257. The highest BCUT2D eigenvalue weighted by molar-refractivity contribution is 4.97. The van der Waals surface area contributed by atoms with Gasteiger partial charge in [-0.05, 0) is 25.0 Å². The van der Waals surface area contributed by atoms with E-state index < -0.39 is 0 Å². The molecule has 4 heteroatoms. The number of furan rings is 1. The van der Waals surface area contributed by atoms with Crippen LogP contribution in [0.4, 0.5) is 0 Å². The van der Waals surface area contributed by atoms with E-state index in [2.05, 4.69) is 11.8 Å². The molecule has 0 aromatic carbocycles. The van der Waals surface area contributed by atoms with E-state index in [9.17, 15) is 5.11 Å². The van der Waals surface area contributed by atoms with E-state index in [1.807, 2.05) is 12.1 Å². The second kappa shape index (κ2) is 9.14. The van der Waals surface area contributed by atoms with Crippen molar-refractivity contribution < 1.29 is 14.3 Å². The van der Waals surface area contributed by atoms with Crippen LogP contribution in [-0.2, 0) is 11.3 Å². The summed E-state index contributed by atoms with van der Waals surface area (Å²) in [5.41, 5.74) is 0. The Morgan fingerprint density at radius 1 is 1.50 bits per heavy atom. The molecular weight excluding hydrogens is 230 g/mol. The van der Waals surface area contributed by atoms with Crippen LogP contribution >= 0.6 is 0 Å². The minimum Gasteiger partial charge on any atom is -0.468 e. The van der Waals surface area contributed by atoms with Gasteiger partial charge in [0.1, 0.15) is 5.76 Å². The van der Waals surface area contributed by atoms with Crippen molar-refractivity contribution in [2.24, 2.45) is 0 Å². The summed E-state index contributed by atoms with van der Waals surface area (Å²) in [5.74, 6) is 0.941. The topological polar surface area (TPSA) is 45.8 Å². The van der Waals surface area contributed by atoms with E-state index >= 15 is 0 Å². The molecule has 4 nitrogen and oxygen atoms in total. The first-order valence-corrected chi connectivity index (χ1v) is 6.68. The predicted octanol–water partition coefficient (Wildman–Crippen LogP) is 2.28. The van der Waals surface area contributed by atoms with E-state index in [0.29, 0.717) is 6.54 Å². The molecule has 1 aromatic rings. The molecule has 0 aliphatic heterocycles. The van der Waals surface area contributed by atoms with Gasteiger partial charge in [0.25, 0.3) is 0 Å². The smallest absolute Gasteiger partial charge is 0.117 e. The molecule has 0 radical (unpaired) electrons. The quantitative estimate of drug-likeness (QED) is 0.652. The van der Waals surface area contributed by atoms with Gasteiger partial charge in [0.05, 0.1) is 18.9 Å². The largest absolute Gasteiger partial charge is 0.468 e. The van der Waals surface area contributed by atoms with Gasteiger partial charge in [-0.1, -0.05) is 13.3 Å². The maximum Gasteiger partial charge on any atom is 0.117 e. The summed E-state index contributed by atoms with van der Waals surface area (Å²) in [6, 6.07) is 3.86. The Morgan fingerprint density at radius 3 is 2.94 bits per heavy atom. The SMILES string of the molecule is CCC[C@@H](O)CN(CCCOC)Cc1ccco1. The van der Waals surface area contributed by atoms with E-state index in [0.717, 1.165) is 44.7 Å². The summed E-state index contributed by atoms with van der Waals surface area (Å²) in [6.45, 7) is 5.19. The number of ether oxygens (including phenoxy) is 1. The number of nitrogens with zero attached hydrogens (tertiary/aromatic N) is 1. The monoisotopic (exact) mass is 255 g/mol. The van der Waals surface area contributed by atoms with Crippen LogP contribution in [0.25, 0.3) is 0 Å². The fourth-order valence-electron chi connectivity index (χ4n) is 2.01. The van der Waals surface area contributed by atoms with Crippen LogP contribution in [0, 0.1) is 0 Å². The molecule has 0 fully saturated rings. The van der Waals surface area contributed by atoms with Crippen LogP contribution in [0.2, 0.25) is 0 Å². The molecule has 1 atom stereocenters. The average Bonchev–Trinajstić information content (AvgIpc) is 2.82. The maximum atomic E-state index is 9.90. The van der Waals surface area contributed by atoms with Gasteiger partial charge in [0.2, 0.25) is 0 Å². The summed E-state index contributed by atoms with van der Waals surface area (Å²) >= 11 is 0. The zero-order valence-corrected chi connectivity index (χ0v) is 11.5. The highest BCUT2D eigenvalue weighted by Crippen LogP contribution is 2.08. The molecular formula is C14H25NO3. The highest BCUT2D eigenvalue weighted by atomic mass is 16.5. The highest BCUT2D eigenvalue weighted by Gasteiger charge is 2.12. The molecule has 0 saturated carbocycles. The van der Waals surface area contributed by atoms with Gasteiger partial charge in [0, 0.05) is 26.8 Å². The second-order valence-corrected chi connectivity index (χ2v) is 4.60. The lowest BCUT2D eigenvalue weighted by Gasteiger charge is -2.24. The van der Waals surface area contributed by atoms with E-state index in [1.165, 1.54) is 0 Å². The van der Waals surface area contributed by atoms with Crippen LogP contribution in [0.15, 0.2) is 22.8 Å². The Hall–Kier alpha value is -0.840. The lowest BCUT2D eigenvalue weighted by Crippen LogP contribution is -2.33. The van der Waals surface area contributed by atoms with Gasteiger partial charge < -0.3 is 14.3 Å². The Morgan fingerprint density at radius 2 is 2.33 bits per heavy atom. The minimum absolute atomic E-state index is 0.257. The number of methoxy groups -OCH3 is 1. The first kappa shape index (κ1) is 15.2. The average molecular weight is 255 g/mol. The fraction of sp³-hybridized carbons (Fsp3) is 0.714. The third-order valence-corrected chi connectivity index (χ3v) is 2.87. The standard InChI is InChI=1S/C14H25NO3/c1-3-6-13(16)11-15(8-5-9-17-2)12-14-7-4-10-18-14/h4,7,10,13,16H,3,5-6,8-9,11-12H2,1-2H3/t13-/m1/s1. The van der Waals surface area contributed by atoms with Crippen molar-refractivity contribution in [3.63, 3.8) is 0 Å². The normalized spacial score (nSPS) is 13.1. The molecule has 0 saturated heterocycles. The van der Waals surface area contributed by atoms with Crippen LogP contribution < -0.4 is 0 Å². The number of aliphatic hydroxyl groups excluding tert-OH is 1. The number of hydrogen-bond acceptors (Lipinski definition) is 4. The first-order chi connectivity index (χ1) is 8.76. The van der Waals surface area contributed by atoms with Gasteiger partial charge in [-0.15, -0.1) is 0 Å². The summed E-state index contributed by atoms with van der Waals surface area (Å²) in [5, 5.41) is 9.90. The molecule has 1 rings (SSSR count). The maximum absolute atomic E-state index is 9.90. The lowest BCUT2D eigenvalue weighted by molar-refractivity contribution is 0.0894. The molecule has 1 heterocycles. The summed E-state index contributed by atoms with van der Waals surface area (Å²) in [6.07, 6.45) is 4.25. The number of rotatable bonds is 10. The van der Waals surface area contributed by atoms with Crippen molar-refractivity contribution in [3.8, 4) is 0 Å².